The molecule has 1 N–H and O–H groups in total. The van der Waals surface area contributed by atoms with Crippen molar-refractivity contribution < 1.29 is 23.9 Å². The Morgan fingerprint density at radius 2 is 1.80 bits per heavy atom. The van der Waals surface area contributed by atoms with Gasteiger partial charge in [-0.1, -0.05) is 18.2 Å². The van der Waals surface area contributed by atoms with E-state index in [2.05, 4.69) is 11.9 Å². The van der Waals surface area contributed by atoms with Crippen LogP contribution in [-0.4, -0.2) is 36.3 Å². The number of benzene rings is 2. The summed E-state index contributed by atoms with van der Waals surface area (Å²) in [6.07, 6.45) is 0.492. The number of aryl methyl sites for hydroxylation is 2. The fourth-order valence-corrected chi connectivity index (χ4v) is 3.15. The largest absolute Gasteiger partial charge is 0.449 e. The first-order valence-corrected chi connectivity index (χ1v) is 9.44. The molecule has 1 aliphatic rings. The number of rotatable bonds is 6. The third kappa shape index (κ3) is 3.87. The van der Waals surface area contributed by atoms with Crippen molar-refractivity contribution in [2.45, 2.75) is 26.9 Å². The SMILES string of the molecule is C=CCNC(=O)[C@H](C)OC(=O)c1ccc2c(c1)C(=O)N(c1cc(C)ccc1C)C2=O. The molecule has 2 aromatic carbocycles. The molecule has 1 heterocycles. The number of nitrogens with zero attached hydrogens (tertiary/aromatic N) is 1. The number of imide groups is 1. The summed E-state index contributed by atoms with van der Waals surface area (Å²) < 4.78 is 5.17. The molecule has 0 bridgehead atoms. The lowest BCUT2D eigenvalue weighted by atomic mass is 10.1. The van der Waals surface area contributed by atoms with Gasteiger partial charge in [-0.05, 0) is 56.2 Å². The van der Waals surface area contributed by atoms with Crippen LogP contribution in [0.15, 0.2) is 49.1 Å². The van der Waals surface area contributed by atoms with Crippen LogP contribution in [0.25, 0.3) is 0 Å². The van der Waals surface area contributed by atoms with Crippen LogP contribution >= 0.6 is 0 Å². The minimum Gasteiger partial charge on any atom is -0.449 e. The van der Waals surface area contributed by atoms with E-state index >= 15 is 0 Å². The number of hydrogen-bond acceptors (Lipinski definition) is 5. The molecule has 0 radical (unpaired) electrons. The summed E-state index contributed by atoms with van der Waals surface area (Å²) in [4.78, 5) is 51.2. The molecule has 0 aliphatic carbocycles. The van der Waals surface area contributed by atoms with E-state index < -0.39 is 29.8 Å². The summed E-state index contributed by atoms with van der Waals surface area (Å²) in [6, 6.07) is 9.69. The molecule has 154 valence electrons. The standard InChI is InChI=1S/C23H22N2O5/c1-5-10-24-20(26)15(4)30-23(29)16-8-9-17-18(12-16)22(28)25(21(17)27)19-11-13(2)6-7-14(19)3/h5-9,11-12,15H,1,10H2,2-4H3,(H,24,26)/t15-/m0/s1. The number of fused-ring (bicyclic) bond motifs is 1. The molecule has 0 saturated heterocycles. The Hall–Kier alpha value is -3.74. The first-order chi connectivity index (χ1) is 14.2. The lowest BCUT2D eigenvalue weighted by molar-refractivity contribution is -0.128. The molecule has 0 unspecified atom stereocenters. The molecule has 7 nitrogen and oxygen atoms in total. The van der Waals surface area contributed by atoms with E-state index in [0.717, 1.165) is 16.0 Å². The number of ether oxygens (including phenoxy) is 1. The summed E-state index contributed by atoms with van der Waals surface area (Å²) in [5.41, 5.74) is 2.64. The summed E-state index contributed by atoms with van der Waals surface area (Å²) >= 11 is 0. The van der Waals surface area contributed by atoms with Crippen molar-refractivity contribution in [2.75, 3.05) is 11.4 Å². The maximum absolute atomic E-state index is 13.0. The van der Waals surface area contributed by atoms with Gasteiger partial charge in [0.1, 0.15) is 0 Å². The maximum atomic E-state index is 13.0. The molecule has 0 fully saturated rings. The minimum absolute atomic E-state index is 0.0843. The predicted octanol–water partition coefficient (Wildman–Crippen LogP) is 2.95. The molecular weight excluding hydrogens is 384 g/mol. The number of nitrogens with one attached hydrogen (secondary N) is 1. The molecule has 1 atom stereocenters. The van der Waals surface area contributed by atoms with Crippen molar-refractivity contribution in [3.63, 3.8) is 0 Å². The second-order valence-electron chi connectivity index (χ2n) is 7.08. The fraction of sp³-hybridized carbons (Fsp3) is 0.217. The monoisotopic (exact) mass is 406 g/mol. The van der Waals surface area contributed by atoms with E-state index in [1.54, 1.807) is 6.07 Å². The molecule has 2 aromatic rings. The number of hydrogen-bond donors (Lipinski definition) is 1. The lowest BCUT2D eigenvalue weighted by Crippen LogP contribution is -2.35. The van der Waals surface area contributed by atoms with Gasteiger partial charge in [0.25, 0.3) is 17.7 Å². The van der Waals surface area contributed by atoms with E-state index in [0.29, 0.717) is 5.69 Å². The Kier molecular flexibility index (Phi) is 5.82. The van der Waals surface area contributed by atoms with Gasteiger partial charge in [-0.3, -0.25) is 14.4 Å². The van der Waals surface area contributed by atoms with Gasteiger partial charge in [0.15, 0.2) is 6.10 Å². The molecule has 0 spiro atoms. The van der Waals surface area contributed by atoms with Crippen LogP contribution in [0.4, 0.5) is 5.69 Å². The molecular formula is C23H22N2O5. The van der Waals surface area contributed by atoms with Gasteiger partial charge in [-0.15, -0.1) is 6.58 Å². The van der Waals surface area contributed by atoms with Crippen molar-refractivity contribution in [1.29, 1.82) is 0 Å². The van der Waals surface area contributed by atoms with Crippen molar-refractivity contribution in [3.05, 3.63) is 76.9 Å². The van der Waals surface area contributed by atoms with E-state index in [1.807, 2.05) is 26.0 Å². The lowest BCUT2D eigenvalue weighted by Gasteiger charge is -2.17. The second-order valence-corrected chi connectivity index (χ2v) is 7.08. The topological polar surface area (TPSA) is 92.8 Å². The highest BCUT2D eigenvalue weighted by Crippen LogP contribution is 2.31. The van der Waals surface area contributed by atoms with Crippen LogP contribution in [0.3, 0.4) is 0 Å². The van der Waals surface area contributed by atoms with Crippen LogP contribution in [0.2, 0.25) is 0 Å². The zero-order valence-electron chi connectivity index (χ0n) is 17.0. The molecule has 0 aromatic heterocycles. The maximum Gasteiger partial charge on any atom is 0.338 e. The number of carbonyl (C=O) groups is 4. The van der Waals surface area contributed by atoms with Crippen molar-refractivity contribution in [1.82, 2.24) is 5.32 Å². The first kappa shape index (κ1) is 21.0. The molecule has 30 heavy (non-hydrogen) atoms. The third-order valence-corrected chi connectivity index (χ3v) is 4.80. The van der Waals surface area contributed by atoms with Gasteiger partial charge >= 0.3 is 5.97 Å². The van der Waals surface area contributed by atoms with E-state index in [9.17, 15) is 19.2 Å². The Bertz CT molecular complexity index is 1070. The van der Waals surface area contributed by atoms with Gasteiger partial charge in [0.2, 0.25) is 0 Å². The Labute approximate surface area is 174 Å². The zero-order valence-corrected chi connectivity index (χ0v) is 17.0. The highest BCUT2D eigenvalue weighted by molar-refractivity contribution is 6.35. The van der Waals surface area contributed by atoms with Crippen LogP contribution in [0, 0.1) is 13.8 Å². The normalized spacial score (nSPS) is 13.6. The fourth-order valence-electron chi connectivity index (χ4n) is 3.15. The number of amides is 3. The van der Waals surface area contributed by atoms with E-state index in [1.165, 1.54) is 31.2 Å². The minimum atomic E-state index is -1.02. The van der Waals surface area contributed by atoms with Crippen LogP contribution in [0.5, 0.6) is 0 Å². The average Bonchev–Trinajstić information content (AvgIpc) is 2.97. The second kappa shape index (κ2) is 8.32. The van der Waals surface area contributed by atoms with Crippen molar-refractivity contribution >= 4 is 29.4 Å². The average molecular weight is 406 g/mol. The third-order valence-electron chi connectivity index (χ3n) is 4.80. The zero-order chi connectivity index (χ0) is 22.0. The molecule has 1 aliphatic heterocycles. The highest BCUT2D eigenvalue weighted by Gasteiger charge is 2.38. The van der Waals surface area contributed by atoms with E-state index in [-0.39, 0.29) is 23.2 Å². The highest BCUT2D eigenvalue weighted by atomic mass is 16.5. The van der Waals surface area contributed by atoms with Gasteiger partial charge in [-0.2, -0.15) is 0 Å². The summed E-state index contributed by atoms with van der Waals surface area (Å²) in [6.45, 7) is 8.89. The molecule has 3 rings (SSSR count). The number of esters is 1. The van der Waals surface area contributed by atoms with Crippen LogP contribution in [0.1, 0.15) is 49.1 Å². The van der Waals surface area contributed by atoms with Crippen LogP contribution in [-0.2, 0) is 9.53 Å². The predicted molar refractivity (Wildman–Crippen MR) is 112 cm³/mol. The van der Waals surface area contributed by atoms with Gasteiger partial charge in [0.05, 0.1) is 22.4 Å². The smallest absolute Gasteiger partial charge is 0.338 e. The first-order valence-electron chi connectivity index (χ1n) is 9.44. The van der Waals surface area contributed by atoms with Gasteiger partial charge < -0.3 is 10.1 Å². The van der Waals surface area contributed by atoms with E-state index in [4.69, 9.17) is 4.74 Å². The Balaban J connectivity index is 1.85. The number of carbonyl (C=O) groups excluding carboxylic acids is 4. The Morgan fingerprint density at radius 3 is 2.50 bits per heavy atom. The molecule has 7 heteroatoms. The number of anilines is 1. The quantitative estimate of drug-likeness (QED) is 0.452. The van der Waals surface area contributed by atoms with Gasteiger partial charge in [0, 0.05) is 6.54 Å². The van der Waals surface area contributed by atoms with Crippen LogP contribution < -0.4 is 10.2 Å². The summed E-state index contributed by atoms with van der Waals surface area (Å²) in [5, 5.41) is 2.54. The molecule has 0 saturated carbocycles. The van der Waals surface area contributed by atoms with Crippen molar-refractivity contribution in [3.8, 4) is 0 Å². The summed E-state index contributed by atoms with van der Waals surface area (Å²) in [7, 11) is 0. The molecule has 3 amide bonds. The summed E-state index contributed by atoms with van der Waals surface area (Å²) in [5.74, 6) is -2.17. The Morgan fingerprint density at radius 1 is 1.10 bits per heavy atom. The van der Waals surface area contributed by atoms with Crippen molar-refractivity contribution in [2.24, 2.45) is 0 Å². The van der Waals surface area contributed by atoms with Gasteiger partial charge in [-0.25, -0.2) is 9.69 Å².